The molecular formula is C9H5F3. The summed E-state index contributed by atoms with van der Waals surface area (Å²) >= 11 is 0. The van der Waals surface area contributed by atoms with E-state index in [0.29, 0.717) is 12.1 Å². The zero-order valence-corrected chi connectivity index (χ0v) is 6.29. The van der Waals surface area contributed by atoms with Crippen LogP contribution >= 0.6 is 0 Å². The maximum absolute atomic E-state index is 12.7. The minimum atomic E-state index is -0.971. The van der Waals surface area contributed by atoms with Gasteiger partial charge in [0, 0.05) is 12.1 Å². The Bertz CT molecular complexity index is 335. The molecule has 0 radical (unpaired) electrons. The lowest BCUT2D eigenvalue weighted by atomic mass is 10.2. The summed E-state index contributed by atoms with van der Waals surface area (Å²) in [5.74, 6) is 1.66. The van der Waals surface area contributed by atoms with E-state index in [-0.39, 0.29) is 5.56 Å². The van der Waals surface area contributed by atoms with E-state index in [4.69, 9.17) is 0 Å². The number of rotatable bonds is 0. The van der Waals surface area contributed by atoms with Crippen molar-refractivity contribution in [3.05, 3.63) is 35.1 Å². The first-order valence-electron chi connectivity index (χ1n) is 3.22. The Morgan fingerprint density at radius 2 is 1.58 bits per heavy atom. The van der Waals surface area contributed by atoms with Crippen molar-refractivity contribution in [1.82, 2.24) is 0 Å². The van der Waals surface area contributed by atoms with E-state index in [1.807, 2.05) is 0 Å². The lowest BCUT2D eigenvalue weighted by Gasteiger charge is -1.96. The standard InChI is InChI=1S/C9H5F3/c1-2-3-7-8(11)4-6(10)5-9(7)12/h4-5H,1H3. The van der Waals surface area contributed by atoms with Gasteiger partial charge in [-0.05, 0) is 6.92 Å². The Kier molecular flexibility index (Phi) is 2.39. The average molecular weight is 170 g/mol. The van der Waals surface area contributed by atoms with Gasteiger partial charge in [-0.1, -0.05) is 5.92 Å². The van der Waals surface area contributed by atoms with E-state index in [2.05, 4.69) is 11.8 Å². The first-order valence-corrected chi connectivity index (χ1v) is 3.22. The molecule has 0 aliphatic carbocycles. The smallest absolute Gasteiger partial charge is 0.144 e. The van der Waals surface area contributed by atoms with Crippen LogP contribution in [0.4, 0.5) is 13.2 Å². The van der Waals surface area contributed by atoms with E-state index in [9.17, 15) is 13.2 Å². The number of hydrogen-bond donors (Lipinski definition) is 0. The number of benzene rings is 1. The topological polar surface area (TPSA) is 0 Å². The van der Waals surface area contributed by atoms with Gasteiger partial charge in [-0.3, -0.25) is 0 Å². The van der Waals surface area contributed by atoms with Crippen molar-refractivity contribution >= 4 is 0 Å². The Morgan fingerprint density at radius 3 is 2.00 bits per heavy atom. The van der Waals surface area contributed by atoms with E-state index < -0.39 is 17.5 Å². The second-order valence-electron chi connectivity index (χ2n) is 2.12. The summed E-state index contributed by atoms with van der Waals surface area (Å²) in [5, 5.41) is 0. The predicted molar refractivity (Wildman–Crippen MR) is 38.9 cm³/mol. The normalized spacial score (nSPS) is 9.00. The van der Waals surface area contributed by atoms with Gasteiger partial charge in [0.25, 0.3) is 0 Å². The molecule has 0 heterocycles. The summed E-state index contributed by atoms with van der Waals surface area (Å²) in [4.78, 5) is 0. The molecule has 1 aromatic carbocycles. The molecule has 0 aromatic heterocycles. The van der Waals surface area contributed by atoms with Crippen molar-refractivity contribution in [2.24, 2.45) is 0 Å². The molecule has 0 bridgehead atoms. The van der Waals surface area contributed by atoms with Crippen molar-refractivity contribution in [1.29, 1.82) is 0 Å². The molecule has 0 N–H and O–H groups in total. The van der Waals surface area contributed by atoms with E-state index in [0.717, 1.165) is 0 Å². The first kappa shape index (κ1) is 8.66. The molecule has 0 amide bonds. The summed E-state index contributed by atoms with van der Waals surface area (Å²) in [6, 6.07) is 1.20. The minimum absolute atomic E-state index is 0.390. The maximum Gasteiger partial charge on any atom is 0.144 e. The minimum Gasteiger partial charge on any atom is -0.207 e. The number of halogens is 3. The quantitative estimate of drug-likeness (QED) is 0.524. The molecule has 0 atom stereocenters. The third-order valence-corrected chi connectivity index (χ3v) is 1.26. The highest BCUT2D eigenvalue weighted by molar-refractivity contribution is 5.36. The van der Waals surface area contributed by atoms with Crippen molar-refractivity contribution in [3.63, 3.8) is 0 Å². The van der Waals surface area contributed by atoms with Crippen LogP contribution in [0, 0.1) is 29.3 Å². The van der Waals surface area contributed by atoms with Crippen LogP contribution in [0.1, 0.15) is 12.5 Å². The van der Waals surface area contributed by atoms with Crippen LogP contribution in [0.15, 0.2) is 12.1 Å². The Morgan fingerprint density at radius 1 is 1.08 bits per heavy atom. The van der Waals surface area contributed by atoms with Crippen LogP contribution < -0.4 is 0 Å². The second-order valence-corrected chi connectivity index (χ2v) is 2.12. The van der Waals surface area contributed by atoms with Gasteiger partial charge in [0.1, 0.15) is 17.5 Å². The fourth-order valence-electron chi connectivity index (χ4n) is 0.787. The molecule has 1 rings (SSSR count). The summed E-state index contributed by atoms with van der Waals surface area (Å²) < 4.78 is 37.8. The van der Waals surface area contributed by atoms with E-state index in [1.165, 1.54) is 6.92 Å². The second kappa shape index (κ2) is 3.31. The molecule has 0 fully saturated rings. The fourth-order valence-corrected chi connectivity index (χ4v) is 0.787. The molecule has 0 unspecified atom stereocenters. The van der Waals surface area contributed by atoms with Crippen molar-refractivity contribution in [3.8, 4) is 11.8 Å². The highest BCUT2D eigenvalue weighted by Crippen LogP contribution is 2.12. The van der Waals surface area contributed by atoms with Crippen LogP contribution in [0.3, 0.4) is 0 Å². The van der Waals surface area contributed by atoms with Crippen LogP contribution in [0.2, 0.25) is 0 Å². The molecule has 0 aliphatic heterocycles. The zero-order chi connectivity index (χ0) is 9.14. The van der Waals surface area contributed by atoms with Crippen LogP contribution in [0.5, 0.6) is 0 Å². The molecule has 0 nitrogen and oxygen atoms in total. The molecule has 12 heavy (non-hydrogen) atoms. The predicted octanol–water partition coefficient (Wildman–Crippen LogP) is 2.48. The van der Waals surface area contributed by atoms with Crippen LogP contribution in [-0.4, -0.2) is 0 Å². The van der Waals surface area contributed by atoms with Gasteiger partial charge in [-0.25, -0.2) is 13.2 Å². The van der Waals surface area contributed by atoms with Gasteiger partial charge in [0.05, 0.1) is 5.56 Å². The molecule has 0 spiro atoms. The van der Waals surface area contributed by atoms with E-state index in [1.54, 1.807) is 0 Å². The summed E-state index contributed by atoms with van der Waals surface area (Å²) in [6.45, 7) is 1.45. The fraction of sp³-hybridized carbons (Fsp3) is 0.111. The average Bonchev–Trinajstić information content (AvgIpc) is 1.96. The highest BCUT2D eigenvalue weighted by Gasteiger charge is 2.08. The van der Waals surface area contributed by atoms with E-state index >= 15 is 0 Å². The third-order valence-electron chi connectivity index (χ3n) is 1.26. The molecule has 0 saturated carbocycles. The summed E-state index contributed by atoms with van der Waals surface area (Å²) in [5.41, 5.74) is -0.390. The van der Waals surface area contributed by atoms with Gasteiger partial charge < -0.3 is 0 Å². The van der Waals surface area contributed by atoms with Gasteiger partial charge in [-0.15, -0.1) is 5.92 Å². The van der Waals surface area contributed by atoms with Gasteiger partial charge in [-0.2, -0.15) is 0 Å². The first-order chi connectivity index (χ1) is 5.65. The Labute approximate surface area is 68.0 Å². The monoisotopic (exact) mass is 170 g/mol. The molecule has 0 aliphatic rings. The molecule has 3 heteroatoms. The van der Waals surface area contributed by atoms with Crippen LogP contribution in [0.25, 0.3) is 0 Å². The van der Waals surface area contributed by atoms with Crippen molar-refractivity contribution in [2.45, 2.75) is 6.92 Å². The van der Waals surface area contributed by atoms with Gasteiger partial charge in [0.15, 0.2) is 0 Å². The Balaban J connectivity index is 3.34. The van der Waals surface area contributed by atoms with Crippen molar-refractivity contribution < 1.29 is 13.2 Å². The lowest BCUT2D eigenvalue weighted by molar-refractivity contribution is 0.539. The van der Waals surface area contributed by atoms with Crippen LogP contribution in [-0.2, 0) is 0 Å². The zero-order valence-electron chi connectivity index (χ0n) is 6.29. The molecule has 62 valence electrons. The molecule has 1 aromatic rings. The van der Waals surface area contributed by atoms with Gasteiger partial charge >= 0.3 is 0 Å². The van der Waals surface area contributed by atoms with Gasteiger partial charge in [0.2, 0.25) is 0 Å². The van der Waals surface area contributed by atoms with Crippen molar-refractivity contribution in [2.75, 3.05) is 0 Å². The molecule has 0 saturated heterocycles. The number of hydrogen-bond acceptors (Lipinski definition) is 0. The SMILES string of the molecule is CC#Cc1c(F)cc(F)cc1F. The summed E-state index contributed by atoms with van der Waals surface area (Å²) in [7, 11) is 0. The lowest BCUT2D eigenvalue weighted by Crippen LogP contribution is -1.91. The third kappa shape index (κ3) is 1.59. The molecular weight excluding hydrogens is 165 g/mol. The Hall–Kier alpha value is -1.43. The maximum atomic E-state index is 12.7. The summed E-state index contributed by atoms with van der Waals surface area (Å²) in [6.07, 6.45) is 0. The largest absolute Gasteiger partial charge is 0.207 e. The highest BCUT2D eigenvalue weighted by atomic mass is 19.1.